The number of piperazine rings is 1. The molecule has 3 aromatic rings. The molecular formula is C27H34FN5O6S. The summed E-state index contributed by atoms with van der Waals surface area (Å²) in [6, 6.07) is 10.6. The second kappa shape index (κ2) is 12.3. The van der Waals surface area contributed by atoms with Crippen LogP contribution in [0.4, 0.5) is 10.1 Å². The Morgan fingerprint density at radius 3 is 2.48 bits per heavy atom. The number of fused-ring (bicyclic) bond motifs is 3. The number of nitrogens with zero attached hydrogens (tertiary/aromatic N) is 2. The third-order valence-electron chi connectivity index (χ3n) is 6.88. The van der Waals surface area contributed by atoms with E-state index in [1.54, 1.807) is 39.4 Å². The predicted octanol–water partition coefficient (Wildman–Crippen LogP) is 1.66. The number of ether oxygens (including phenoxy) is 1. The van der Waals surface area contributed by atoms with Gasteiger partial charge in [-0.1, -0.05) is 12.1 Å². The molecule has 0 radical (unpaired) electrons. The van der Waals surface area contributed by atoms with Crippen molar-refractivity contribution >= 4 is 33.3 Å². The largest absolute Gasteiger partial charge is 0.497 e. The van der Waals surface area contributed by atoms with Gasteiger partial charge in [0.05, 0.1) is 12.8 Å². The van der Waals surface area contributed by atoms with Gasteiger partial charge in [0.25, 0.3) is 10.2 Å². The third-order valence-corrected chi connectivity index (χ3v) is 7.90. The van der Waals surface area contributed by atoms with Gasteiger partial charge in [0.15, 0.2) is 5.82 Å². The van der Waals surface area contributed by atoms with Gasteiger partial charge in [-0.15, -0.1) is 0 Å². The van der Waals surface area contributed by atoms with Gasteiger partial charge in [-0.05, 0) is 35.7 Å². The normalized spacial score (nSPS) is 18.3. The first-order chi connectivity index (χ1) is 19.0. The highest BCUT2D eigenvalue weighted by atomic mass is 32.2. The van der Waals surface area contributed by atoms with Crippen molar-refractivity contribution in [3.8, 4) is 5.75 Å². The Labute approximate surface area is 232 Å². The van der Waals surface area contributed by atoms with Crippen LogP contribution in [0.3, 0.4) is 0 Å². The van der Waals surface area contributed by atoms with E-state index in [1.165, 1.54) is 24.1 Å². The highest BCUT2D eigenvalue weighted by Gasteiger charge is 2.36. The average Bonchev–Trinajstić information content (AvgIpc) is 2.92. The number of hydrogen-bond donors (Lipinski definition) is 3. The molecule has 216 valence electrons. The molecule has 11 nitrogen and oxygen atoms in total. The predicted molar refractivity (Wildman–Crippen MR) is 150 cm³/mol. The van der Waals surface area contributed by atoms with Crippen LogP contribution in [0.5, 0.6) is 5.75 Å². The molecular weight excluding hydrogens is 541 g/mol. The smallest absolute Gasteiger partial charge is 0.340 e. The van der Waals surface area contributed by atoms with Crippen LogP contribution in [0.25, 0.3) is 11.0 Å². The maximum absolute atomic E-state index is 15.3. The maximum atomic E-state index is 15.3. The number of carbonyl (C=O) groups is 1. The van der Waals surface area contributed by atoms with Gasteiger partial charge in [-0.25, -0.2) is 13.9 Å². The maximum Gasteiger partial charge on any atom is 0.340 e. The number of carbonyl (C=O) groups excluding carboxylic acids is 1. The number of rotatable bonds is 9. The summed E-state index contributed by atoms with van der Waals surface area (Å²) < 4.78 is 54.2. The number of hydrogen-bond acceptors (Lipinski definition) is 8. The van der Waals surface area contributed by atoms with Crippen molar-refractivity contribution in [2.75, 3.05) is 46.1 Å². The first kappa shape index (κ1) is 29.5. The first-order valence-electron chi connectivity index (χ1n) is 12.7. The van der Waals surface area contributed by atoms with Crippen LogP contribution < -0.4 is 25.1 Å². The Kier molecular flexibility index (Phi) is 9.08. The molecule has 6 rings (SSSR count). The summed E-state index contributed by atoms with van der Waals surface area (Å²) in [5.74, 6) is -0.173. The zero-order valence-electron chi connectivity index (χ0n) is 22.9. The summed E-state index contributed by atoms with van der Waals surface area (Å²) in [6.45, 7) is 2.25. The number of piperidine rings is 1. The Bertz CT molecular complexity index is 1530. The van der Waals surface area contributed by atoms with Gasteiger partial charge in [0.1, 0.15) is 11.3 Å². The SMILES string of the molecule is CN(C)C=O.CNS(=O)(=O)Nc1cccc(Cc2c(CN3CC4CC(C3)N4)c3ccc(OC)cc3oc2=O)c1F. The third kappa shape index (κ3) is 6.78. The van der Waals surface area contributed by atoms with E-state index in [0.29, 0.717) is 35.5 Å². The van der Waals surface area contributed by atoms with Crippen molar-refractivity contribution in [2.45, 2.75) is 31.5 Å². The number of methoxy groups -OCH3 is 1. The fourth-order valence-electron chi connectivity index (χ4n) is 4.91. The molecule has 3 aliphatic rings. The summed E-state index contributed by atoms with van der Waals surface area (Å²) in [4.78, 5) is 26.3. The van der Waals surface area contributed by atoms with Crippen molar-refractivity contribution in [1.82, 2.24) is 19.8 Å². The lowest BCUT2D eigenvalue weighted by Gasteiger charge is -2.48. The molecule has 2 bridgehead atoms. The fourth-order valence-corrected chi connectivity index (χ4v) is 5.46. The van der Waals surface area contributed by atoms with Gasteiger partial charge in [0.2, 0.25) is 6.41 Å². The summed E-state index contributed by atoms with van der Waals surface area (Å²) in [5, 5.41) is 4.26. The quantitative estimate of drug-likeness (QED) is 0.259. The molecule has 13 heteroatoms. The summed E-state index contributed by atoms with van der Waals surface area (Å²) >= 11 is 0. The molecule has 3 N–H and O–H groups in total. The number of anilines is 1. The first-order valence-corrected chi connectivity index (χ1v) is 14.2. The van der Waals surface area contributed by atoms with Crippen LogP contribution in [0.15, 0.2) is 45.6 Å². The average molecular weight is 576 g/mol. The molecule has 0 saturated carbocycles. The summed E-state index contributed by atoms with van der Waals surface area (Å²) in [7, 11) is 2.24. The van der Waals surface area contributed by atoms with Crippen LogP contribution in [0.2, 0.25) is 0 Å². The summed E-state index contributed by atoms with van der Waals surface area (Å²) in [5.41, 5.74) is 0.968. The molecule has 1 amide bonds. The minimum atomic E-state index is -3.90. The molecule has 3 aliphatic heterocycles. The molecule has 2 unspecified atom stereocenters. The monoisotopic (exact) mass is 575 g/mol. The molecule has 2 atom stereocenters. The van der Waals surface area contributed by atoms with E-state index in [4.69, 9.17) is 9.15 Å². The topological polar surface area (TPSA) is 133 Å². The van der Waals surface area contributed by atoms with Crippen molar-refractivity contribution in [3.63, 3.8) is 0 Å². The second-order valence-electron chi connectivity index (χ2n) is 10.0. The molecule has 40 heavy (non-hydrogen) atoms. The molecule has 4 heterocycles. The van der Waals surface area contributed by atoms with Crippen LogP contribution >= 0.6 is 0 Å². The molecule has 1 aromatic heterocycles. The van der Waals surface area contributed by atoms with Gasteiger partial charge in [0, 0.05) is 76.3 Å². The number of nitrogens with one attached hydrogen (secondary N) is 3. The van der Waals surface area contributed by atoms with Gasteiger partial charge in [-0.2, -0.15) is 8.42 Å². The number of halogens is 1. The Morgan fingerprint density at radius 1 is 1.20 bits per heavy atom. The van der Waals surface area contributed by atoms with E-state index in [9.17, 15) is 18.0 Å². The lowest BCUT2D eigenvalue weighted by molar-refractivity contribution is -0.115. The lowest BCUT2D eigenvalue weighted by atomic mass is 9.90. The van der Waals surface area contributed by atoms with E-state index >= 15 is 4.39 Å². The number of benzene rings is 2. The molecule has 3 fully saturated rings. The van der Waals surface area contributed by atoms with E-state index in [1.807, 2.05) is 6.07 Å². The fraction of sp³-hybridized carbons (Fsp3) is 0.407. The minimum absolute atomic E-state index is 0.0421. The Morgan fingerprint density at radius 2 is 1.88 bits per heavy atom. The molecule has 0 spiro atoms. The van der Waals surface area contributed by atoms with Gasteiger partial charge >= 0.3 is 5.63 Å². The molecule has 2 aromatic carbocycles. The van der Waals surface area contributed by atoms with E-state index in [-0.39, 0.29) is 17.7 Å². The number of amides is 1. The second-order valence-corrected chi connectivity index (χ2v) is 11.7. The Balaban J connectivity index is 0.000000681. The zero-order chi connectivity index (χ0) is 29.0. The van der Waals surface area contributed by atoms with Gasteiger partial charge < -0.3 is 19.4 Å². The minimum Gasteiger partial charge on any atom is -0.497 e. The highest BCUT2D eigenvalue weighted by molar-refractivity contribution is 7.90. The van der Waals surface area contributed by atoms with Gasteiger partial charge in [-0.3, -0.25) is 14.4 Å². The highest BCUT2D eigenvalue weighted by Crippen LogP contribution is 2.30. The van der Waals surface area contributed by atoms with Crippen LogP contribution in [-0.2, 0) is 28.0 Å². The van der Waals surface area contributed by atoms with Crippen molar-refractivity contribution in [2.24, 2.45) is 0 Å². The van der Waals surface area contributed by atoms with E-state index < -0.39 is 21.7 Å². The van der Waals surface area contributed by atoms with Crippen LogP contribution in [-0.4, -0.2) is 78.1 Å². The van der Waals surface area contributed by atoms with Crippen LogP contribution in [0.1, 0.15) is 23.1 Å². The molecule has 0 aliphatic carbocycles. The van der Waals surface area contributed by atoms with E-state index in [2.05, 4.69) is 19.7 Å². The van der Waals surface area contributed by atoms with Crippen LogP contribution in [0, 0.1) is 5.82 Å². The van der Waals surface area contributed by atoms with Crippen molar-refractivity contribution in [1.29, 1.82) is 0 Å². The van der Waals surface area contributed by atoms with E-state index in [0.717, 1.165) is 36.9 Å². The summed E-state index contributed by atoms with van der Waals surface area (Å²) in [6.07, 6.45) is 1.86. The van der Waals surface area contributed by atoms with Crippen molar-refractivity contribution in [3.05, 3.63) is 69.3 Å². The standard InChI is InChI=1S/C24H27FN4O5S.C3H7NO/c1-26-35(31,32)28-21-5-3-4-14(23(21)25)8-19-20(13-29-11-15-9-16(12-29)27-15)18-7-6-17(33-2)10-22(18)34-24(19)30;1-4(2)3-5/h3-7,10,15-16,26-28H,8-9,11-13H2,1-2H3;3H,1-2H3. The zero-order valence-corrected chi connectivity index (χ0v) is 23.7. The molecule has 3 saturated heterocycles. The lowest BCUT2D eigenvalue weighted by Crippen LogP contribution is -2.66. The Hall–Kier alpha value is -3.52. The van der Waals surface area contributed by atoms with Crippen molar-refractivity contribution < 1.29 is 26.8 Å².